The molecular weight excluding hydrogens is 304 g/mol. The number of benzene rings is 1. The lowest BCUT2D eigenvalue weighted by Gasteiger charge is -2.07. The minimum absolute atomic E-state index is 0.220. The zero-order valence-electron chi connectivity index (χ0n) is 13.8. The third-order valence-corrected chi connectivity index (χ3v) is 3.93. The number of nitrogens with one attached hydrogen (secondary N) is 3. The number of H-pyrrole nitrogens is 2. The number of hydrogen-bond donors (Lipinski definition) is 3. The van der Waals surface area contributed by atoms with Gasteiger partial charge in [0, 0.05) is 24.4 Å². The number of carbonyl (C=O) groups excluding carboxylic acids is 1. The van der Waals surface area contributed by atoms with Gasteiger partial charge in [-0.25, -0.2) is 4.98 Å². The van der Waals surface area contributed by atoms with Crippen molar-refractivity contribution in [1.29, 1.82) is 0 Å². The van der Waals surface area contributed by atoms with Crippen LogP contribution in [0.4, 0.5) is 5.69 Å². The van der Waals surface area contributed by atoms with Gasteiger partial charge in [-0.2, -0.15) is 0 Å². The summed E-state index contributed by atoms with van der Waals surface area (Å²) in [6.07, 6.45) is 4.57. The summed E-state index contributed by atoms with van der Waals surface area (Å²) in [5, 5.41) is 2.85. The van der Waals surface area contributed by atoms with Crippen molar-refractivity contribution in [2.75, 3.05) is 5.32 Å². The largest absolute Gasteiger partial charge is 0.342 e. The number of imidazole rings is 1. The summed E-state index contributed by atoms with van der Waals surface area (Å²) in [4.78, 5) is 34.0. The third kappa shape index (κ3) is 3.37. The van der Waals surface area contributed by atoms with Crippen molar-refractivity contribution in [2.24, 2.45) is 0 Å². The number of hydrogen-bond acceptors (Lipinski definition) is 3. The summed E-state index contributed by atoms with van der Waals surface area (Å²) in [6.45, 7) is 3.89. The maximum Gasteiger partial charge on any atom is 0.257 e. The lowest BCUT2D eigenvalue weighted by molar-refractivity contribution is 0.102. The predicted molar refractivity (Wildman–Crippen MR) is 94.5 cm³/mol. The molecule has 0 fully saturated rings. The second kappa shape index (κ2) is 6.70. The van der Waals surface area contributed by atoms with Gasteiger partial charge in [0.2, 0.25) is 5.56 Å². The van der Waals surface area contributed by atoms with Crippen molar-refractivity contribution in [3.8, 4) is 0 Å². The zero-order chi connectivity index (χ0) is 17.1. The maximum absolute atomic E-state index is 12.4. The Morgan fingerprint density at radius 3 is 2.88 bits per heavy atom. The van der Waals surface area contributed by atoms with Crippen molar-refractivity contribution in [2.45, 2.75) is 33.1 Å². The molecule has 0 bridgehead atoms. The van der Waals surface area contributed by atoms with E-state index in [1.54, 1.807) is 6.92 Å². The van der Waals surface area contributed by atoms with Crippen LogP contribution in [0, 0.1) is 6.92 Å². The summed E-state index contributed by atoms with van der Waals surface area (Å²) in [7, 11) is 0. The van der Waals surface area contributed by atoms with Gasteiger partial charge in [0.05, 0.1) is 16.6 Å². The molecule has 1 amide bonds. The molecule has 0 aliphatic carbocycles. The lowest BCUT2D eigenvalue weighted by atomic mass is 10.1. The summed E-state index contributed by atoms with van der Waals surface area (Å²) in [5.41, 5.74) is 3.34. The number of anilines is 1. The molecule has 3 N–H and O–H groups in total. The van der Waals surface area contributed by atoms with Crippen LogP contribution in [0.5, 0.6) is 0 Å². The van der Waals surface area contributed by atoms with E-state index >= 15 is 0 Å². The molecule has 124 valence electrons. The lowest BCUT2D eigenvalue weighted by Crippen LogP contribution is -2.16. The number of carbonyl (C=O) groups is 1. The summed E-state index contributed by atoms with van der Waals surface area (Å²) >= 11 is 0. The Morgan fingerprint density at radius 1 is 1.29 bits per heavy atom. The van der Waals surface area contributed by atoms with E-state index in [1.807, 2.05) is 18.2 Å². The number of unbranched alkanes of at least 4 members (excludes halogenated alkanes) is 1. The van der Waals surface area contributed by atoms with E-state index in [-0.39, 0.29) is 11.5 Å². The van der Waals surface area contributed by atoms with Gasteiger partial charge in [0.1, 0.15) is 5.82 Å². The fourth-order valence-electron chi connectivity index (χ4n) is 2.62. The Balaban J connectivity index is 1.81. The van der Waals surface area contributed by atoms with Gasteiger partial charge >= 0.3 is 0 Å². The fraction of sp³-hybridized carbons (Fsp3) is 0.278. The minimum atomic E-state index is -0.256. The standard InChI is InChI=1S/C18H20N4O2/c1-3-4-5-16-21-14-7-6-12(9-15(14)22-16)20-18(24)13-10-19-17(23)8-11(13)2/h6-10H,3-5H2,1-2H3,(H,19,23)(H,20,24)(H,21,22). The molecule has 6 nitrogen and oxygen atoms in total. The number of rotatable bonds is 5. The molecule has 24 heavy (non-hydrogen) atoms. The topological polar surface area (TPSA) is 90.6 Å². The highest BCUT2D eigenvalue weighted by molar-refractivity contribution is 6.05. The quantitative estimate of drug-likeness (QED) is 0.673. The number of aromatic nitrogens is 3. The monoisotopic (exact) mass is 324 g/mol. The highest BCUT2D eigenvalue weighted by atomic mass is 16.1. The highest BCUT2D eigenvalue weighted by Gasteiger charge is 2.11. The molecule has 2 aromatic heterocycles. The Labute approximate surface area is 139 Å². The first kappa shape index (κ1) is 16.0. The van der Waals surface area contributed by atoms with Gasteiger partial charge in [-0.15, -0.1) is 0 Å². The molecule has 2 heterocycles. The second-order valence-electron chi connectivity index (χ2n) is 5.87. The van der Waals surface area contributed by atoms with Crippen LogP contribution in [0.25, 0.3) is 11.0 Å². The molecule has 3 rings (SSSR count). The number of aryl methyl sites for hydroxylation is 2. The van der Waals surface area contributed by atoms with Crippen LogP contribution in [0.15, 0.2) is 35.3 Å². The predicted octanol–water partition coefficient (Wildman–Crippen LogP) is 3.15. The van der Waals surface area contributed by atoms with E-state index in [0.29, 0.717) is 16.8 Å². The number of pyridine rings is 1. The van der Waals surface area contributed by atoms with Gasteiger partial charge < -0.3 is 15.3 Å². The van der Waals surface area contributed by atoms with Crippen LogP contribution in [0.1, 0.15) is 41.5 Å². The normalized spacial score (nSPS) is 10.9. The van der Waals surface area contributed by atoms with Crippen molar-refractivity contribution >= 4 is 22.6 Å². The zero-order valence-corrected chi connectivity index (χ0v) is 13.8. The van der Waals surface area contributed by atoms with E-state index in [4.69, 9.17) is 0 Å². The van der Waals surface area contributed by atoms with Crippen molar-refractivity contribution in [3.05, 3.63) is 57.8 Å². The number of nitrogens with zero attached hydrogens (tertiary/aromatic N) is 1. The summed E-state index contributed by atoms with van der Waals surface area (Å²) < 4.78 is 0. The molecule has 6 heteroatoms. The molecule has 0 aliphatic heterocycles. The Hall–Kier alpha value is -2.89. The number of amides is 1. The molecule has 0 saturated carbocycles. The second-order valence-corrected chi connectivity index (χ2v) is 5.87. The maximum atomic E-state index is 12.4. The number of fused-ring (bicyclic) bond motifs is 1. The molecule has 0 radical (unpaired) electrons. The van der Waals surface area contributed by atoms with Gasteiger partial charge in [0.15, 0.2) is 0 Å². The molecular formula is C18H20N4O2. The molecule has 0 atom stereocenters. The smallest absolute Gasteiger partial charge is 0.257 e. The molecule has 1 aromatic carbocycles. The van der Waals surface area contributed by atoms with E-state index in [9.17, 15) is 9.59 Å². The molecule has 0 spiro atoms. The van der Waals surface area contributed by atoms with E-state index < -0.39 is 0 Å². The molecule has 0 saturated heterocycles. The van der Waals surface area contributed by atoms with Gasteiger partial charge in [0.25, 0.3) is 5.91 Å². The van der Waals surface area contributed by atoms with Crippen LogP contribution >= 0.6 is 0 Å². The first-order valence-electron chi connectivity index (χ1n) is 8.06. The van der Waals surface area contributed by atoms with E-state index in [0.717, 1.165) is 36.1 Å². The van der Waals surface area contributed by atoms with Crippen molar-refractivity contribution in [1.82, 2.24) is 15.0 Å². The summed E-state index contributed by atoms with van der Waals surface area (Å²) in [6, 6.07) is 6.99. The molecule has 0 aliphatic rings. The first-order valence-corrected chi connectivity index (χ1v) is 8.06. The van der Waals surface area contributed by atoms with Crippen LogP contribution < -0.4 is 10.9 Å². The average molecular weight is 324 g/mol. The number of aromatic amines is 2. The third-order valence-electron chi connectivity index (χ3n) is 3.93. The molecule has 3 aromatic rings. The van der Waals surface area contributed by atoms with Crippen LogP contribution in [-0.2, 0) is 6.42 Å². The summed E-state index contributed by atoms with van der Waals surface area (Å²) in [5.74, 6) is 0.709. The average Bonchev–Trinajstić information content (AvgIpc) is 2.94. The van der Waals surface area contributed by atoms with E-state index in [2.05, 4.69) is 27.2 Å². The first-order chi connectivity index (χ1) is 11.6. The highest BCUT2D eigenvalue weighted by Crippen LogP contribution is 2.19. The van der Waals surface area contributed by atoms with Gasteiger partial charge in [-0.05, 0) is 37.1 Å². The minimum Gasteiger partial charge on any atom is -0.342 e. The van der Waals surface area contributed by atoms with Crippen molar-refractivity contribution in [3.63, 3.8) is 0 Å². The Bertz CT molecular complexity index is 940. The fourth-order valence-corrected chi connectivity index (χ4v) is 2.62. The van der Waals surface area contributed by atoms with E-state index in [1.165, 1.54) is 12.3 Å². The van der Waals surface area contributed by atoms with Crippen LogP contribution in [-0.4, -0.2) is 20.9 Å². The Kier molecular flexibility index (Phi) is 4.46. The van der Waals surface area contributed by atoms with Crippen molar-refractivity contribution < 1.29 is 4.79 Å². The van der Waals surface area contributed by atoms with Gasteiger partial charge in [-0.3, -0.25) is 9.59 Å². The van der Waals surface area contributed by atoms with Crippen LogP contribution in [0.2, 0.25) is 0 Å². The molecule has 0 unspecified atom stereocenters. The van der Waals surface area contributed by atoms with Gasteiger partial charge in [-0.1, -0.05) is 13.3 Å². The SMILES string of the molecule is CCCCc1nc2ccc(NC(=O)c3c[nH]c(=O)cc3C)cc2[nH]1. The van der Waals surface area contributed by atoms with Crippen LogP contribution in [0.3, 0.4) is 0 Å². The Morgan fingerprint density at radius 2 is 2.12 bits per heavy atom.